The zero-order valence-electron chi connectivity index (χ0n) is 10.7. The van der Waals surface area contributed by atoms with Gasteiger partial charge in [0.1, 0.15) is 5.82 Å². The maximum atomic E-state index is 13.6. The number of hydrogen-bond acceptors (Lipinski definition) is 3. The summed E-state index contributed by atoms with van der Waals surface area (Å²) in [5, 5.41) is 8.75. The average molecular weight is 252 g/mol. The molecule has 0 saturated carbocycles. The van der Waals surface area contributed by atoms with E-state index in [1.54, 1.807) is 6.07 Å². The molecule has 1 heterocycles. The number of halogens is 1. The van der Waals surface area contributed by atoms with Gasteiger partial charge in [0.2, 0.25) is 0 Å². The molecule has 1 N–H and O–H groups in total. The van der Waals surface area contributed by atoms with Crippen LogP contribution in [0.1, 0.15) is 12.8 Å². The lowest BCUT2D eigenvalue weighted by molar-refractivity contribution is 0.232. The summed E-state index contributed by atoms with van der Waals surface area (Å²) in [6.07, 6.45) is 1.91. The van der Waals surface area contributed by atoms with Crippen molar-refractivity contribution in [3.63, 3.8) is 0 Å². The molecule has 0 bridgehead atoms. The average Bonchev–Trinajstić information content (AvgIpc) is 2.41. The maximum Gasteiger partial charge on any atom is 0.146 e. The molecular formula is C14H21FN2O. The second kappa shape index (κ2) is 6.71. The second-order valence-corrected chi connectivity index (χ2v) is 4.71. The molecule has 1 aromatic carbocycles. The van der Waals surface area contributed by atoms with E-state index in [1.807, 2.05) is 12.1 Å². The molecule has 3 nitrogen and oxygen atoms in total. The minimum Gasteiger partial charge on any atom is -0.396 e. The molecule has 0 aliphatic carbocycles. The third-order valence-corrected chi connectivity index (χ3v) is 3.45. The van der Waals surface area contributed by atoms with Crippen molar-refractivity contribution < 1.29 is 9.50 Å². The van der Waals surface area contributed by atoms with Gasteiger partial charge in [0.15, 0.2) is 0 Å². The molecule has 18 heavy (non-hydrogen) atoms. The number of anilines is 1. The zero-order chi connectivity index (χ0) is 12.8. The quantitative estimate of drug-likeness (QED) is 0.808. The summed E-state index contributed by atoms with van der Waals surface area (Å²) in [5.41, 5.74) is 0.715. The van der Waals surface area contributed by atoms with E-state index >= 15 is 0 Å². The maximum absolute atomic E-state index is 13.6. The molecular weight excluding hydrogens is 231 g/mol. The van der Waals surface area contributed by atoms with E-state index < -0.39 is 0 Å². The molecule has 1 fully saturated rings. The first-order chi connectivity index (χ1) is 8.81. The Kier molecular flexibility index (Phi) is 4.96. The van der Waals surface area contributed by atoms with Gasteiger partial charge in [-0.15, -0.1) is 0 Å². The number of nitrogens with zero attached hydrogens (tertiary/aromatic N) is 2. The number of aliphatic hydroxyl groups excluding tert-OH is 1. The second-order valence-electron chi connectivity index (χ2n) is 4.71. The molecule has 0 spiro atoms. The number of piperazine rings is 1. The van der Waals surface area contributed by atoms with Gasteiger partial charge < -0.3 is 10.0 Å². The van der Waals surface area contributed by atoms with Crippen molar-refractivity contribution in [2.45, 2.75) is 12.8 Å². The summed E-state index contributed by atoms with van der Waals surface area (Å²) >= 11 is 0. The SMILES string of the molecule is OCCCCN1CCN(c2ccccc2F)CC1. The molecule has 4 heteroatoms. The van der Waals surface area contributed by atoms with E-state index in [4.69, 9.17) is 5.11 Å². The first kappa shape index (κ1) is 13.3. The van der Waals surface area contributed by atoms with Gasteiger partial charge in [-0.3, -0.25) is 4.90 Å². The molecule has 0 aromatic heterocycles. The van der Waals surface area contributed by atoms with Gasteiger partial charge in [-0.1, -0.05) is 12.1 Å². The molecule has 0 unspecified atom stereocenters. The summed E-state index contributed by atoms with van der Waals surface area (Å²) in [5.74, 6) is -0.133. The minimum atomic E-state index is -0.133. The Hall–Kier alpha value is -1.13. The van der Waals surface area contributed by atoms with Gasteiger partial charge in [0, 0.05) is 32.8 Å². The number of hydrogen-bond donors (Lipinski definition) is 1. The smallest absolute Gasteiger partial charge is 0.146 e. The standard InChI is InChI=1S/C14H21FN2O/c15-13-5-1-2-6-14(13)17-10-8-16(9-11-17)7-3-4-12-18/h1-2,5-6,18H,3-4,7-12H2. The highest BCUT2D eigenvalue weighted by Gasteiger charge is 2.18. The largest absolute Gasteiger partial charge is 0.396 e. The van der Waals surface area contributed by atoms with Crippen LogP contribution in [0.4, 0.5) is 10.1 Å². The van der Waals surface area contributed by atoms with E-state index in [0.717, 1.165) is 45.6 Å². The van der Waals surface area contributed by atoms with Crippen LogP contribution in [0, 0.1) is 5.82 Å². The number of rotatable bonds is 5. The topological polar surface area (TPSA) is 26.7 Å². The van der Waals surface area contributed by atoms with Crippen LogP contribution in [0.3, 0.4) is 0 Å². The third kappa shape index (κ3) is 3.43. The highest BCUT2D eigenvalue weighted by atomic mass is 19.1. The predicted molar refractivity (Wildman–Crippen MR) is 71.4 cm³/mol. The summed E-state index contributed by atoms with van der Waals surface area (Å²) in [4.78, 5) is 4.49. The molecule has 1 aliphatic rings. The Bertz CT molecular complexity index is 365. The van der Waals surface area contributed by atoms with Crippen LogP contribution in [0.25, 0.3) is 0 Å². The molecule has 1 saturated heterocycles. The predicted octanol–water partition coefficient (Wildman–Crippen LogP) is 1.72. The van der Waals surface area contributed by atoms with Crippen molar-refractivity contribution in [3.05, 3.63) is 30.1 Å². The summed E-state index contributed by atoms with van der Waals surface area (Å²) < 4.78 is 13.6. The van der Waals surface area contributed by atoms with Gasteiger partial charge >= 0.3 is 0 Å². The van der Waals surface area contributed by atoms with Gasteiger partial charge in [-0.2, -0.15) is 0 Å². The Labute approximate surface area is 108 Å². The van der Waals surface area contributed by atoms with E-state index in [-0.39, 0.29) is 12.4 Å². The molecule has 100 valence electrons. The number of aliphatic hydroxyl groups is 1. The lowest BCUT2D eigenvalue weighted by Gasteiger charge is -2.36. The molecule has 0 radical (unpaired) electrons. The van der Waals surface area contributed by atoms with Crippen LogP contribution in [0.15, 0.2) is 24.3 Å². The van der Waals surface area contributed by atoms with E-state index in [0.29, 0.717) is 5.69 Å². The Morgan fingerprint density at radius 1 is 1.06 bits per heavy atom. The summed E-state index contributed by atoms with van der Waals surface area (Å²) in [6, 6.07) is 6.97. The number of unbranched alkanes of at least 4 members (excludes halogenated alkanes) is 1. The summed E-state index contributed by atoms with van der Waals surface area (Å²) in [6.45, 7) is 5.00. The third-order valence-electron chi connectivity index (χ3n) is 3.45. The van der Waals surface area contributed by atoms with Crippen molar-refractivity contribution in [1.29, 1.82) is 0 Å². The van der Waals surface area contributed by atoms with E-state index in [2.05, 4.69) is 9.80 Å². The fourth-order valence-corrected chi connectivity index (χ4v) is 2.37. The van der Waals surface area contributed by atoms with Gasteiger partial charge in [0.05, 0.1) is 5.69 Å². The summed E-state index contributed by atoms with van der Waals surface area (Å²) in [7, 11) is 0. The number of para-hydroxylation sites is 1. The van der Waals surface area contributed by atoms with Crippen LogP contribution in [-0.4, -0.2) is 49.3 Å². The number of benzene rings is 1. The van der Waals surface area contributed by atoms with Crippen LogP contribution < -0.4 is 4.90 Å². The van der Waals surface area contributed by atoms with Crippen LogP contribution in [-0.2, 0) is 0 Å². The van der Waals surface area contributed by atoms with Crippen molar-refractivity contribution >= 4 is 5.69 Å². The van der Waals surface area contributed by atoms with Crippen LogP contribution in [0.2, 0.25) is 0 Å². The molecule has 0 amide bonds. The van der Waals surface area contributed by atoms with Crippen LogP contribution in [0.5, 0.6) is 0 Å². The lowest BCUT2D eigenvalue weighted by atomic mass is 10.2. The van der Waals surface area contributed by atoms with Crippen LogP contribution >= 0.6 is 0 Å². The Balaban J connectivity index is 1.81. The van der Waals surface area contributed by atoms with E-state index in [1.165, 1.54) is 6.07 Å². The molecule has 1 aliphatic heterocycles. The molecule has 1 aromatic rings. The van der Waals surface area contributed by atoms with Gasteiger partial charge in [-0.05, 0) is 31.5 Å². The van der Waals surface area contributed by atoms with Crippen molar-refractivity contribution in [3.8, 4) is 0 Å². The van der Waals surface area contributed by atoms with Crippen molar-refractivity contribution in [2.75, 3.05) is 44.2 Å². The lowest BCUT2D eigenvalue weighted by Crippen LogP contribution is -2.46. The fraction of sp³-hybridized carbons (Fsp3) is 0.571. The van der Waals surface area contributed by atoms with Crippen molar-refractivity contribution in [1.82, 2.24) is 4.90 Å². The van der Waals surface area contributed by atoms with E-state index in [9.17, 15) is 4.39 Å². The normalized spacial score (nSPS) is 17.1. The minimum absolute atomic E-state index is 0.133. The first-order valence-corrected chi connectivity index (χ1v) is 6.64. The fourth-order valence-electron chi connectivity index (χ4n) is 2.37. The molecule has 2 rings (SSSR count). The highest BCUT2D eigenvalue weighted by Crippen LogP contribution is 2.20. The van der Waals surface area contributed by atoms with Gasteiger partial charge in [0.25, 0.3) is 0 Å². The Morgan fingerprint density at radius 2 is 1.78 bits per heavy atom. The zero-order valence-corrected chi connectivity index (χ0v) is 10.7. The van der Waals surface area contributed by atoms with Gasteiger partial charge in [-0.25, -0.2) is 4.39 Å². The Morgan fingerprint density at radius 3 is 2.44 bits per heavy atom. The molecule has 0 atom stereocenters. The monoisotopic (exact) mass is 252 g/mol. The highest BCUT2D eigenvalue weighted by molar-refractivity contribution is 5.47. The van der Waals surface area contributed by atoms with Crippen molar-refractivity contribution in [2.24, 2.45) is 0 Å². The first-order valence-electron chi connectivity index (χ1n) is 6.64.